The summed E-state index contributed by atoms with van der Waals surface area (Å²) in [6, 6.07) is 22.7. The fourth-order valence-electron chi connectivity index (χ4n) is 3.63. The van der Waals surface area contributed by atoms with Crippen LogP contribution in [0.4, 0.5) is 5.69 Å². The quantitative estimate of drug-likeness (QED) is 0.367. The highest BCUT2D eigenvalue weighted by Gasteiger charge is 2.34. The lowest BCUT2D eigenvalue weighted by Crippen LogP contribution is -2.29. The van der Waals surface area contributed by atoms with Crippen LogP contribution >= 0.6 is 0 Å². The molecular weight excluding hydrogens is 428 g/mol. The zero-order valence-electron chi connectivity index (χ0n) is 19.9. The molecule has 1 aliphatic rings. The summed E-state index contributed by atoms with van der Waals surface area (Å²) in [7, 11) is 0. The van der Waals surface area contributed by atoms with E-state index in [0.29, 0.717) is 12.1 Å². The van der Waals surface area contributed by atoms with Gasteiger partial charge in [-0.2, -0.15) is 0 Å². The first-order valence-corrected chi connectivity index (χ1v) is 11.2. The monoisotopic (exact) mass is 456 g/mol. The smallest absolute Gasteiger partial charge is 0.338 e. The lowest BCUT2D eigenvalue weighted by Gasteiger charge is -2.19. The Bertz CT molecular complexity index is 1220. The van der Waals surface area contributed by atoms with Crippen molar-refractivity contribution in [1.82, 2.24) is 0 Å². The maximum atomic E-state index is 13.2. The van der Waals surface area contributed by atoms with Gasteiger partial charge in [-0.05, 0) is 57.0 Å². The Morgan fingerprint density at radius 2 is 1.56 bits per heavy atom. The van der Waals surface area contributed by atoms with Crippen LogP contribution in [0.2, 0.25) is 0 Å². The predicted molar refractivity (Wildman–Crippen MR) is 132 cm³/mol. The van der Waals surface area contributed by atoms with Crippen LogP contribution in [0.3, 0.4) is 0 Å². The number of esters is 1. The molecule has 6 heteroatoms. The molecule has 0 aromatic heterocycles. The van der Waals surface area contributed by atoms with Crippen LogP contribution in [0.15, 0.2) is 78.0 Å². The van der Waals surface area contributed by atoms with E-state index >= 15 is 0 Å². The lowest BCUT2D eigenvalue weighted by molar-refractivity contribution is -0.112. The van der Waals surface area contributed by atoms with Gasteiger partial charge < -0.3 is 14.5 Å². The maximum absolute atomic E-state index is 13.2. The molecule has 4 rings (SSSR count). The van der Waals surface area contributed by atoms with E-state index < -0.39 is 5.60 Å². The average molecular weight is 457 g/mol. The molecule has 0 atom stereocenters. The number of ether oxygens (including phenoxy) is 1. The van der Waals surface area contributed by atoms with Gasteiger partial charge in [0.25, 0.3) is 5.91 Å². The number of oxime groups is 1. The van der Waals surface area contributed by atoms with Crippen LogP contribution in [-0.2, 0) is 27.5 Å². The third kappa shape index (κ3) is 5.34. The number of fused-ring (bicyclic) bond motifs is 1. The SMILES string of the molecule is Cc1ccc(CN2C(=O)/C(=N\OCc3ccc(C(=O)OC(C)(C)C)cc3)c3ccccc32)cc1. The van der Waals surface area contributed by atoms with Gasteiger partial charge in [0.15, 0.2) is 5.71 Å². The number of anilines is 1. The van der Waals surface area contributed by atoms with Gasteiger partial charge >= 0.3 is 5.97 Å². The molecule has 34 heavy (non-hydrogen) atoms. The van der Waals surface area contributed by atoms with Crippen molar-refractivity contribution in [2.24, 2.45) is 5.16 Å². The molecule has 0 bridgehead atoms. The molecule has 0 unspecified atom stereocenters. The number of hydrogen-bond acceptors (Lipinski definition) is 5. The van der Waals surface area contributed by atoms with Crippen LogP contribution in [0, 0.1) is 6.92 Å². The summed E-state index contributed by atoms with van der Waals surface area (Å²) in [6.45, 7) is 8.16. The largest absolute Gasteiger partial charge is 0.456 e. The molecule has 174 valence electrons. The Hall–Kier alpha value is -3.93. The molecule has 0 saturated heterocycles. The van der Waals surface area contributed by atoms with E-state index in [1.807, 2.05) is 76.2 Å². The second kappa shape index (κ2) is 9.51. The molecule has 1 heterocycles. The van der Waals surface area contributed by atoms with Crippen LogP contribution in [-0.4, -0.2) is 23.2 Å². The van der Waals surface area contributed by atoms with E-state index in [9.17, 15) is 9.59 Å². The van der Waals surface area contributed by atoms with Crippen LogP contribution in [0.5, 0.6) is 0 Å². The van der Waals surface area contributed by atoms with Gasteiger partial charge in [-0.15, -0.1) is 0 Å². The number of rotatable bonds is 6. The maximum Gasteiger partial charge on any atom is 0.338 e. The van der Waals surface area contributed by atoms with Crippen LogP contribution in [0.25, 0.3) is 0 Å². The van der Waals surface area contributed by atoms with Crippen molar-refractivity contribution in [2.75, 3.05) is 4.90 Å². The Morgan fingerprint density at radius 3 is 2.24 bits per heavy atom. The summed E-state index contributed by atoms with van der Waals surface area (Å²) in [6.07, 6.45) is 0. The number of carbonyl (C=O) groups excluding carboxylic acids is 2. The Morgan fingerprint density at radius 1 is 0.912 bits per heavy atom. The number of benzene rings is 3. The zero-order valence-corrected chi connectivity index (χ0v) is 19.9. The van der Waals surface area contributed by atoms with E-state index in [1.165, 1.54) is 5.56 Å². The van der Waals surface area contributed by atoms with Crippen molar-refractivity contribution < 1.29 is 19.2 Å². The minimum Gasteiger partial charge on any atom is -0.456 e. The molecule has 0 aliphatic carbocycles. The standard InChI is InChI=1S/C28H28N2O4/c1-19-9-11-20(12-10-19)17-30-24-8-6-5-7-23(24)25(26(30)31)29-33-18-21-13-15-22(16-14-21)27(32)34-28(2,3)4/h5-16H,17-18H2,1-4H3/b29-25-. The molecule has 0 saturated carbocycles. The molecule has 0 spiro atoms. The summed E-state index contributed by atoms with van der Waals surface area (Å²) < 4.78 is 5.38. The molecular formula is C28H28N2O4. The topological polar surface area (TPSA) is 68.2 Å². The Balaban J connectivity index is 1.45. The fourth-order valence-corrected chi connectivity index (χ4v) is 3.63. The van der Waals surface area contributed by atoms with Crippen molar-refractivity contribution in [2.45, 2.75) is 46.4 Å². The first-order chi connectivity index (χ1) is 16.2. The third-order valence-corrected chi connectivity index (χ3v) is 5.33. The van der Waals surface area contributed by atoms with Crippen molar-refractivity contribution >= 4 is 23.3 Å². The molecule has 1 aliphatic heterocycles. The number of aryl methyl sites for hydroxylation is 1. The van der Waals surface area contributed by atoms with Crippen molar-refractivity contribution in [3.63, 3.8) is 0 Å². The van der Waals surface area contributed by atoms with Gasteiger partial charge in [0, 0.05) is 5.56 Å². The zero-order chi connectivity index (χ0) is 24.3. The average Bonchev–Trinajstić information content (AvgIpc) is 3.06. The van der Waals surface area contributed by atoms with Crippen molar-refractivity contribution in [1.29, 1.82) is 0 Å². The molecule has 0 fully saturated rings. The van der Waals surface area contributed by atoms with Gasteiger partial charge in [0.05, 0.1) is 17.8 Å². The second-order valence-corrected chi connectivity index (χ2v) is 9.31. The number of amides is 1. The highest BCUT2D eigenvalue weighted by atomic mass is 16.6. The number of carbonyl (C=O) groups is 2. The van der Waals surface area contributed by atoms with E-state index in [1.54, 1.807) is 29.2 Å². The van der Waals surface area contributed by atoms with Crippen LogP contribution in [0.1, 0.15) is 53.4 Å². The Labute approximate surface area is 199 Å². The molecule has 6 nitrogen and oxygen atoms in total. The molecule has 0 radical (unpaired) electrons. The highest BCUT2D eigenvalue weighted by Crippen LogP contribution is 2.31. The summed E-state index contributed by atoms with van der Waals surface area (Å²) in [5.74, 6) is -0.566. The second-order valence-electron chi connectivity index (χ2n) is 9.31. The summed E-state index contributed by atoms with van der Waals surface area (Å²) in [5, 5.41) is 4.19. The van der Waals surface area contributed by atoms with Gasteiger partial charge in [-0.25, -0.2) is 4.79 Å². The van der Waals surface area contributed by atoms with Crippen LogP contribution < -0.4 is 4.90 Å². The first-order valence-electron chi connectivity index (χ1n) is 11.2. The molecule has 3 aromatic rings. The minimum atomic E-state index is -0.549. The van der Waals surface area contributed by atoms with Crippen molar-refractivity contribution in [3.8, 4) is 0 Å². The van der Waals surface area contributed by atoms with Gasteiger partial charge in [-0.3, -0.25) is 4.79 Å². The number of nitrogens with zero attached hydrogens (tertiary/aromatic N) is 2. The molecule has 1 amide bonds. The van der Waals surface area contributed by atoms with Gasteiger partial charge in [0.1, 0.15) is 12.2 Å². The Kier molecular flexibility index (Phi) is 6.50. The number of hydrogen-bond donors (Lipinski definition) is 0. The predicted octanol–water partition coefficient (Wildman–Crippen LogP) is 5.42. The normalized spacial score (nSPS) is 14.3. The lowest BCUT2D eigenvalue weighted by atomic mass is 10.1. The van der Waals surface area contributed by atoms with E-state index in [2.05, 4.69) is 5.16 Å². The van der Waals surface area contributed by atoms with E-state index in [-0.39, 0.29) is 24.2 Å². The van der Waals surface area contributed by atoms with E-state index in [4.69, 9.17) is 9.57 Å². The summed E-state index contributed by atoms with van der Waals surface area (Å²) >= 11 is 0. The van der Waals surface area contributed by atoms with Gasteiger partial charge in [-0.1, -0.05) is 65.3 Å². The van der Waals surface area contributed by atoms with Gasteiger partial charge in [0.2, 0.25) is 0 Å². The first kappa shape index (κ1) is 23.2. The summed E-state index contributed by atoms with van der Waals surface area (Å²) in [4.78, 5) is 32.6. The number of para-hydroxylation sites is 1. The minimum absolute atomic E-state index is 0.172. The molecule has 0 N–H and O–H groups in total. The van der Waals surface area contributed by atoms with E-state index in [0.717, 1.165) is 22.4 Å². The summed E-state index contributed by atoms with van der Waals surface area (Å²) in [5.41, 5.74) is 4.81. The van der Waals surface area contributed by atoms with Crippen molar-refractivity contribution in [3.05, 3.63) is 101 Å². The third-order valence-electron chi connectivity index (χ3n) is 5.33. The fraction of sp³-hybridized carbons (Fsp3) is 0.250. The molecule has 3 aromatic carbocycles. The highest BCUT2D eigenvalue weighted by molar-refractivity contribution is 6.54.